The quantitative estimate of drug-likeness (QED) is 0.550. The van der Waals surface area contributed by atoms with Crippen molar-refractivity contribution in [1.82, 2.24) is 14.9 Å². The first-order chi connectivity index (χ1) is 13.5. The zero-order valence-corrected chi connectivity index (χ0v) is 17.8. The molecule has 0 radical (unpaired) electrons. The molecule has 0 aliphatic carbocycles. The van der Waals surface area contributed by atoms with Crippen molar-refractivity contribution >= 4 is 40.3 Å². The summed E-state index contributed by atoms with van der Waals surface area (Å²) in [5.41, 5.74) is 4.08. The van der Waals surface area contributed by atoms with E-state index in [9.17, 15) is 4.79 Å². The Balaban J connectivity index is 1.71. The molecule has 0 fully saturated rings. The number of benzene rings is 2. The number of imidazole rings is 1. The second-order valence-electron chi connectivity index (χ2n) is 6.64. The summed E-state index contributed by atoms with van der Waals surface area (Å²) in [6, 6.07) is 13.8. The van der Waals surface area contributed by atoms with Crippen molar-refractivity contribution in [3.63, 3.8) is 0 Å². The molecule has 5 nitrogen and oxygen atoms in total. The highest BCUT2D eigenvalue weighted by Crippen LogP contribution is 2.29. The van der Waals surface area contributed by atoms with Crippen LogP contribution in [0.5, 0.6) is 0 Å². The lowest BCUT2D eigenvalue weighted by Gasteiger charge is -2.13. The lowest BCUT2D eigenvalue weighted by molar-refractivity contribution is -0.120. The molecule has 0 bridgehead atoms. The van der Waals surface area contributed by atoms with Crippen molar-refractivity contribution in [2.75, 3.05) is 13.7 Å². The monoisotopic (exact) mass is 417 g/mol. The van der Waals surface area contributed by atoms with E-state index in [-0.39, 0.29) is 11.2 Å². The Labute approximate surface area is 174 Å². The number of amides is 1. The maximum Gasteiger partial charge on any atom is 0.233 e. The molecule has 1 amide bonds. The van der Waals surface area contributed by atoms with Crippen LogP contribution < -0.4 is 5.32 Å². The molecule has 28 heavy (non-hydrogen) atoms. The fraction of sp³-hybridized carbons (Fsp3) is 0.333. The zero-order valence-electron chi connectivity index (χ0n) is 16.2. The lowest BCUT2D eigenvalue weighted by Crippen LogP contribution is -2.30. The molecule has 1 aromatic heterocycles. The van der Waals surface area contributed by atoms with E-state index in [1.165, 1.54) is 17.3 Å². The van der Waals surface area contributed by atoms with Gasteiger partial charge in [-0.1, -0.05) is 53.2 Å². The molecular weight excluding hydrogens is 394 g/mol. The molecule has 0 saturated heterocycles. The first kappa shape index (κ1) is 20.7. The van der Waals surface area contributed by atoms with Crippen LogP contribution in [0.4, 0.5) is 0 Å². The molecule has 1 heterocycles. The van der Waals surface area contributed by atoms with E-state index in [4.69, 9.17) is 16.3 Å². The minimum absolute atomic E-state index is 0.0195. The first-order valence-electron chi connectivity index (χ1n) is 9.12. The number of ether oxygens (including phenoxy) is 1. The van der Waals surface area contributed by atoms with Crippen molar-refractivity contribution in [2.24, 2.45) is 0 Å². The van der Waals surface area contributed by atoms with Crippen LogP contribution in [-0.2, 0) is 22.6 Å². The van der Waals surface area contributed by atoms with Gasteiger partial charge in [0.2, 0.25) is 5.91 Å². The van der Waals surface area contributed by atoms with E-state index < -0.39 is 0 Å². The number of hydrogen-bond donors (Lipinski definition) is 1. The Morgan fingerprint density at radius 1 is 1.29 bits per heavy atom. The Hall–Kier alpha value is -2.02. The summed E-state index contributed by atoms with van der Waals surface area (Å²) >= 11 is 7.54. The highest BCUT2D eigenvalue weighted by Gasteiger charge is 2.19. The number of aromatic nitrogens is 2. The second kappa shape index (κ2) is 9.45. The van der Waals surface area contributed by atoms with E-state index in [2.05, 4.69) is 14.9 Å². The third kappa shape index (κ3) is 5.07. The average molecular weight is 418 g/mol. The smallest absolute Gasteiger partial charge is 0.233 e. The van der Waals surface area contributed by atoms with Crippen LogP contribution in [0, 0.1) is 6.92 Å². The van der Waals surface area contributed by atoms with Gasteiger partial charge in [0.05, 0.1) is 22.9 Å². The number of nitrogens with zero attached hydrogens (tertiary/aromatic N) is 2. The zero-order chi connectivity index (χ0) is 20.1. The molecule has 3 rings (SSSR count). The third-order valence-electron chi connectivity index (χ3n) is 4.43. The minimum Gasteiger partial charge on any atom is -0.383 e. The fourth-order valence-electron chi connectivity index (χ4n) is 2.82. The highest BCUT2D eigenvalue weighted by atomic mass is 35.5. The average Bonchev–Trinajstić information content (AvgIpc) is 3.01. The highest BCUT2D eigenvalue weighted by molar-refractivity contribution is 8.00. The fourth-order valence-corrected chi connectivity index (χ4v) is 3.96. The van der Waals surface area contributed by atoms with E-state index in [0.29, 0.717) is 24.7 Å². The number of aryl methyl sites for hydroxylation is 1. The molecule has 2 aromatic carbocycles. The Morgan fingerprint density at radius 2 is 2.04 bits per heavy atom. The van der Waals surface area contributed by atoms with Gasteiger partial charge in [-0.15, -0.1) is 0 Å². The molecule has 3 aromatic rings. The van der Waals surface area contributed by atoms with Crippen LogP contribution >= 0.6 is 23.4 Å². The lowest BCUT2D eigenvalue weighted by atomic mass is 10.1. The number of carbonyl (C=O) groups excluding carboxylic acids is 1. The number of nitrogens with one attached hydrogen (secondary N) is 1. The Morgan fingerprint density at radius 3 is 2.75 bits per heavy atom. The van der Waals surface area contributed by atoms with Crippen LogP contribution in [0.25, 0.3) is 11.0 Å². The summed E-state index contributed by atoms with van der Waals surface area (Å²) in [5, 5.41) is 4.15. The third-order valence-corrected chi connectivity index (χ3v) is 5.76. The predicted octanol–water partition coefficient (Wildman–Crippen LogP) is 4.44. The van der Waals surface area contributed by atoms with Gasteiger partial charge in [0, 0.05) is 25.2 Å². The van der Waals surface area contributed by atoms with Gasteiger partial charge >= 0.3 is 0 Å². The predicted molar refractivity (Wildman–Crippen MR) is 115 cm³/mol. The van der Waals surface area contributed by atoms with Gasteiger partial charge in [-0.25, -0.2) is 4.98 Å². The molecule has 0 aliphatic rings. The summed E-state index contributed by atoms with van der Waals surface area (Å²) in [6.45, 7) is 5.68. The maximum atomic E-state index is 12.6. The van der Waals surface area contributed by atoms with Crippen LogP contribution in [0.15, 0.2) is 47.6 Å². The van der Waals surface area contributed by atoms with E-state index >= 15 is 0 Å². The number of methoxy groups -OCH3 is 1. The van der Waals surface area contributed by atoms with Gasteiger partial charge < -0.3 is 14.6 Å². The second-order valence-corrected chi connectivity index (χ2v) is 8.38. The molecule has 0 spiro atoms. The summed E-state index contributed by atoms with van der Waals surface area (Å²) < 4.78 is 7.30. The van der Waals surface area contributed by atoms with E-state index in [1.807, 2.05) is 56.3 Å². The normalized spacial score (nSPS) is 12.3. The molecular formula is C21H24ClN3O2S. The number of fused-ring (bicyclic) bond motifs is 1. The summed E-state index contributed by atoms with van der Waals surface area (Å²) in [4.78, 5) is 17.3. The minimum atomic E-state index is -0.279. The Bertz CT molecular complexity index is 956. The van der Waals surface area contributed by atoms with Gasteiger partial charge in [0.15, 0.2) is 5.16 Å². The van der Waals surface area contributed by atoms with Crippen molar-refractivity contribution in [1.29, 1.82) is 0 Å². The molecule has 1 N–H and O–H groups in total. The Kier molecular flexibility index (Phi) is 6.99. The van der Waals surface area contributed by atoms with Crippen molar-refractivity contribution < 1.29 is 9.53 Å². The van der Waals surface area contributed by atoms with Gasteiger partial charge in [0.25, 0.3) is 0 Å². The molecule has 148 valence electrons. The number of carbonyl (C=O) groups is 1. The number of hydrogen-bond acceptors (Lipinski definition) is 4. The molecule has 0 aliphatic heterocycles. The number of rotatable bonds is 8. The van der Waals surface area contributed by atoms with Gasteiger partial charge in [-0.05, 0) is 37.6 Å². The van der Waals surface area contributed by atoms with Crippen molar-refractivity contribution in [3.05, 3.63) is 58.6 Å². The standard InChI is InChI=1S/C21H24ClN3O2S/c1-14-4-6-16(7-5-14)13-23-20(26)15(2)28-21-24-18-12-17(22)8-9-19(18)25(21)10-11-27-3/h4-9,12,15H,10-11,13H2,1-3H3,(H,23,26). The van der Waals surface area contributed by atoms with Gasteiger partial charge in [-0.3, -0.25) is 4.79 Å². The largest absolute Gasteiger partial charge is 0.383 e. The van der Waals surface area contributed by atoms with E-state index in [1.54, 1.807) is 7.11 Å². The summed E-state index contributed by atoms with van der Waals surface area (Å²) in [6.07, 6.45) is 0. The van der Waals surface area contributed by atoms with Gasteiger partial charge in [-0.2, -0.15) is 0 Å². The number of thioether (sulfide) groups is 1. The van der Waals surface area contributed by atoms with Crippen LogP contribution in [-0.4, -0.2) is 34.4 Å². The van der Waals surface area contributed by atoms with Crippen LogP contribution in [0.2, 0.25) is 5.02 Å². The molecule has 1 unspecified atom stereocenters. The van der Waals surface area contributed by atoms with Crippen molar-refractivity contribution in [2.45, 2.75) is 37.3 Å². The number of halogens is 1. The molecule has 0 saturated carbocycles. The first-order valence-corrected chi connectivity index (χ1v) is 10.4. The topological polar surface area (TPSA) is 56.1 Å². The van der Waals surface area contributed by atoms with Gasteiger partial charge in [0.1, 0.15) is 0 Å². The van der Waals surface area contributed by atoms with Crippen LogP contribution in [0.1, 0.15) is 18.1 Å². The maximum absolute atomic E-state index is 12.6. The summed E-state index contributed by atoms with van der Waals surface area (Å²) in [5.74, 6) is -0.0195. The van der Waals surface area contributed by atoms with E-state index in [0.717, 1.165) is 21.8 Å². The molecule has 1 atom stereocenters. The van der Waals surface area contributed by atoms with Crippen LogP contribution in [0.3, 0.4) is 0 Å². The molecule has 7 heteroatoms. The summed E-state index contributed by atoms with van der Waals surface area (Å²) in [7, 11) is 1.67. The van der Waals surface area contributed by atoms with Crippen molar-refractivity contribution in [3.8, 4) is 0 Å². The SMILES string of the molecule is COCCn1c(SC(C)C(=O)NCc2ccc(C)cc2)nc2cc(Cl)ccc21.